The van der Waals surface area contributed by atoms with Gasteiger partial charge in [-0.05, 0) is 37.7 Å². The molecule has 1 aliphatic heterocycles. The van der Waals surface area contributed by atoms with E-state index in [-0.39, 0.29) is 17.6 Å². The molecule has 0 spiro atoms. The normalized spacial score (nSPS) is 24.6. The smallest absolute Gasteiger partial charge is 0.276 e. The van der Waals surface area contributed by atoms with Gasteiger partial charge < -0.3 is 5.32 Å². The first kappa shape index (κ1) is 19.3. The number of aromatic nitrogens is 3. The molecule has 4 rings (SSSR count). The van der Waals surface area contributed by atoms with E-state index >= 15 is 0 Å². The highest BCUT2D eigenvalue weighted by atomic mass is 32.2. The summed E-state index contributed by atoms with van der Waals surface area (Å²) in [6, 6.07) is 3.58. The Balaban J connectivity index is 1.59. The largest absolute Gasteiger partial charge is 0.351 e. The molecule has 0 radical (unpaired) electrons. The lowest BCUT2D eigenvalue weighted by Crippen LogP contribution is -2.45. The van der Waals surface area contributed by atoms with E-state index in [9.17, 15) is 13.2 Å². The highest BCUT2D eigenvalue weighted by Gasteiger charge is 2.28. The first-order valence-electron chi connectivity index (χ1n) is 9.75. The third kappa shape index (κ3) is 3.76. The molecule has 2 fully saturated rings. The van der Waals surface area contributed by atoms with Crippen LogP contribution in [0, 0.1) is 5.92 Å². The molecule has 2 aromatic heterocycles. The monoisotopic (exact) mass is 406 g/mol. The lowest BCUT2D eigenvalue weighted by Gasteiger charge is -2.30. The van der Waals surface area contributed by atoms with Crippen LogP contribution in [0.25, 0.3) is 11.0 Å². The number of fused-ring (bicyclic) bond motifs is 1. The van der Waals surface area contributed by atoms with E-state index in [1.54, 1.807) is 18.3 Å². The number of piperidine rings is 1. The molecular weight excluding hydrogens is 380 g/mol. The molecule has 0 aromatic carbocycles. The number of nitrogens with two attached hydrogens (primary N) is 1. The Hall–Kier alpha value is -2.04. The molecule has 3 N–H and O–H groups in total. The molecule has 0 amide bonds. The Labute approximate surface area is 164 Å². The van der Waals surface area contributed by atoms with Gasteiger partial charge in [-0.1, -0.05) is 13.3 Å². The second-order valence-corrected chi connectivity index (χ2v) is 9.40. The van der Waals surface area contributed by atoms with Crippen LogP contribution in [-0.4, -0.2) is 46.4 Å². The molecule has 0 unspecified atom stereocenters. The van der Waals surface area contributed by atoms with Crippen LogP contribution in [-0.2, 0) is 10.2 Å². The van der Waals surface area contributed by atoms with Gasteiger partial charge in [0.05, 0.1) is 0 Å². The Kier molecular flexibility index (Phi) is 5.11. The molecule has 10 heteroatoms. The lowest BCUT2D eigenvalue weighted by molar-refractivity contribution is 0.329. The molecule has 9 nitrogen and oxygen atoms in total. The molecule has 1 saturated heterocycles. The van der Waals surface area contributed by atoms with Crippen LogP contribution in [0.5, 0.6) is 0 Å². The van der Waals surface area contributed by atoms with Gasteiger partial charge >= 0.3 is 0 Å². The summed E-state index contributed by atoms with van der Waals surface area (Å²) < 4.78 is 26.0. The van der Waals surface area contributed by atoms with Gasteiger partial charge in [0, 0.05) is 42.8 Å². The number of hydrogen-bond acceptors (Lipinski definition) is 6. The molecule has 1 saturated carbocycles. The average Bonchev–Trinajstić information content (AvgIpc) is 3.07. The summed E-state index contributed by atoms with van der Waals surface area (Å²) in [5.41, 5.74) is 0.628. The van der Waals surface area contributed by atoms with Crippen molar-refractivity contribution in [2.75, 3.05) is 18.4 Å². The summed E-state index contributed by atoms with van der Waals surface area (Å²) in [5, 5.41) is 9.33. The zero-order valence-corrected chi connectivity index (χ0v) is 16.7. The Morgan fingerprint density at radius 1 is 1.18 bits per heavy atom. The van der Waals surface area contributed by atoms with Crippen LogP contribution in [0.4, 0.5) is 5.95 Å². The van der Waals surface area contributed by atoms with Crippen LogP contribution < -0.4 is 16.0 Å². The minimum Gasteiger partial charge on any atom is -0.351 e. The minimum atomic E-state index is -3.64. The minimum absolute atomic E-state index is 0.0302. The topological polar surface area (TPSA) is 123 Å². The van der Waals surface area contributed by atoms with Gasteiger partial charge in [0.15, 0.2) is 0 Å². The van der Waals surface area contributed by atoms with Crippen LogP contribution in [0.1, 0.15) is 45.1 Å². The molecule has 3 heterocycles. The van der Waals surface area contributed by atoms with Gasteiger partial charge in [0.2, 0.25) is 5.95 Å². The fraction of sp³-hybridized carbons (Fsp3) is 0.611. The summed E-state index contributed by atoms with van der Waals surface area (Å²) >= 11 is 0. The molecule has 0 bridgehead atoms. The fourth-order valence-corrected chi connectivity index (χ4v) is 5.09. The number of nitrogens with zero attached hydrogens (tertiary/aromatic N) is 4. The van der Waals surface area contributed by atoms with Crippen LogP contribution in [0.15, 0.2) is 23.1 Å². The lowest BCUT2D eigenvalue weighted by atomic mass is 10.1. The Bertz CT molecular complexity index is 1030. The van der Waals surface area contributed by atoms with E-state index in [1.165, 1.54) is 4.31 Å². The van der Waals surface area contributed by atoms with Crippen molar-refractivity contribution < 1.29 is 8.42 Å². The number of nitrogens with one attached hydrogen (secondary N) is 1. The Morgan fingerprint density at radius 2 is 1.93 bits per heavy atom. The predicted molar refractivity (Wildman–Crippen MR) is 107 cm³/mol. The SMILES string of the molecule is C[C@H]1CCC[C@H]1n1c(=O)ccc2cnc(NC3CCN(S(N)(=O)=O)CC3)nc21. The first-order valence-corrected chi connectivity index (χ1v) is 11.3. The van der Waals surface area contributed by atoms with Gasteiger partial charge in [-0.15, -0.1) is 0 Å². The maximum absolute atomic E-state index is 12.6. The summed E-state index contributed by atoms with van der Waals surface area (Å²) in [6.45, 7) is 2.92. The molecule has 2 aliphatic rings. The van der Waals surface area contributed by atoms with Gasteiger partial charge in [-0.25, -0.2) is 10.1 Å². The molecule has 2 aromatic rings. The molecular formula is C18H26N6O3S. The number of anilines is 1. The molecule has 152 valence electrons. The second kappa shape index (κ2) is 7.41. The van der Waals surface area contributed by atoms with Crippen molar-refractivity contribution in [2.24, 2.45) is 11.1 Å². The standard InChI is InChI=1S/C18H26N6O3S/c1-12-3-2-4-15(12)24-16(25)6-5-13-11-20-18(22-17(13)24)21-14-7-9-23(10-8-14)28(19,26)27/h5-6,11-12,14-15H,2-4,7-10H2,1H3,(H2,19,26,27)(H,20,21,22)/t12-,15+/m0/s1. The van der Waals surface area contributed by atoms with Gasteiger partial charge in [-0.3, -0.25) is 9.36 Å². The van der Waals surface area contributed by atoms with Crippen molar-refractivity contribution in [3.63, 3.8) is 0 Å². The predicted octanol–water partition coefficient (Wildman–Crippen LogP) is 1.23. The summed E-state index contributed by atoms with van der Waals surface area (Å²) in [4.78, 5) is 21.7. The van der Waals surface area contributed by atoms with Crippen LogP contribution in [0.2, 0.25) is 0 Å². The third-order valence-corrected chi connectivity index (χ3v) is 7.05. The van der Waals surface area contributed by atoms with E-state index in [1.807, 2.05) is 4.57 Å². The van der Waals surface area contributed by atoms with Crippen molar-refractivity contribution in [2.45, 2.75) is 51.1 Å². The molecule has 28 heavy (non-hydrogen) atoms. The summed E-state index contributed by atoms with van der Waals surface area (Å²) in [5.74, 6) is 0.906. The van der Waals surface area contributed by atoms with Gasteiger partial charge in [0.1, 0.15) is 5.65 Å². The van der Waals surface area contributed by atoms with Gasteiger partial charge in [0.25, 0.3) is 15.8 Å². The zero-order chi connectivity index (χ0) is 19.9. The van der Waals surface area contributed by atoms with Crippen LogP contribution in [0.3, 0.4) is 0 Å². The van der Waals surface area contributed by atoms with E-state index in [0.29, 0.717) is 43.4 Å². The second-order valence-electron chi connectivity index (χ2n) is 7.85. The van der Waals surface area contributed by atoms with Crippen molar-refractivity contribution in [3.8, 4) is 0 Å². The number of hydrogen-bond donors (Lipinski definition) is 2. The third-order valence-electron chi connectivity index (χ3n) is 5.96. The van der Waals surface area contributed by atoms with E-state index in [0.717, 1.165) is 24.6 Å². The maximum atomic E-state index is 12.6. The maximum Gasteiger partial charge on any atom is 0.276 e. The van der Waals surface area contributed by atoms with Crippen molar-refractivity contribution in [1.82, 2.24) is 18.8 Å². The quantitative estimate of drug-likeness (QED) is 0.787. The number of pyridine rings is 1. The highest BCUT2D eigenvalue weighted by molar-refractivity contribution is 7.86. The molecule has 2 atom stereocenters. The first-order chi connectivity index (χ1) is 13.3. The average molecular weight is 407 g/mol. The zero-order valence-electron chi connectivity index (χ0n) is 15.9. The van der Waals surface area contributed by atoms with E-state index in [2.05, 4.69) is 22.2 Å². The summed E-state index contributed by atoms with van der Waals surface area (Å²) in [7, 11) is -3.64. The Morgan fingerprint density at radius 3 is 2.57 bits per heavy atom. The van der Waals surface area contributed by atoms with Crippen molar-refractivity contribution in [1.29, 1.82) is 0 Å². The fourth-order valence-electron chi connectivity index (χ4n) is 4.38. The van der Waals surface area contributed by atoms with Crippen molar-refractivity contribution >= 4 is 27.2 Å². The van der Waals surface area contributed by atoms with Crippen LogP contribution >= 0.6 is 0 Å². The summed E-state index contributed by atoms with van der Waals surface area (Å²) in [6.07, 6.45) is 6.20. The van der Waals surface area contributed by atoms with Crippen molar-refractivity contribution in [3.05, 3.63) is 28.7 Å². The van der Waals surface area contributed by atoms with E-state index < -0.39 is 10.2 Å². The number of rotatable bonds is 4. The van der Waals surface area contributed by atoms with Gasteiger partial charge in [-0.2, -0.15) is 17.7 Å². The highest BCUT2D eigenvalue weighted by Crippen LogP contribution is 2.35. The molecule has 1 aliphatic carbocycles. The van der Waals surface area contributed by atoms with E-state index in [4.69, 9.17) is 5.14 Å².